The zero-order valence-corrected chi connectivity index (χ0v) is 11.9. The van der Waals surface area contributed by atoms with Crippen LogP contribution in [0.1, 0.15) is 58.3 Å². The van der Waals surface area contributed by atoms with Crippen molar-refractivity contribution in [2.24, 2.45) is 0 Å². The molecule has 111 valence electrons. The Morgan fingerprint density at radius 3 is 2.32 bits per heavy atom. The molecule has 0 spiro atoms. The minimum atomic E-state index is -0.622. The van der Waals surface area contributed by atoms with Crippen molar-refractivity contribution >= 4 is 12.1 Å². The van der Waals surface area contributed by atoms with Crippen molar-refractivity contribution in [1.82, 2.24) is 5.32 Å². The molecule has 0 unspecified atom stereocenters. The largest absolute Gasteiger partial charge is 0.464 e. The van der Waals surface area contributed by atoms with Crippen molar-refractivity contribution < 1.29 is 19.1 Å². The normalized spacial score (nSPS) is 10.0. The summed E-state index contributed by atoms with van der Waals surface area (Å²) in [6.07, 6.45) is 8.05. The molecule has 0 saturated heterocycles. The maximum Gasteiger partial charge on any atom is 0.407 e. The lowest BCUT2D eigenvalue weighted by atomic mass is 10.1. The van der Waals surface area contributed by atoms with E-state index in [1.165, 1.54) is 32.1 Å². The highest BCUT2D eigenvalue weighted by molar-refractivity contribution is 5.69. The second-order valence-electron chi connectivity index (χ2n) is 4.45. The van der Waals surface area contributed by atoms with Gasteiger partial charge in [0.15, 0.2) is 0 Å². The zero-order chi connectivity index (χ0) is 14.3. The maximum atomic E-state index is 11.3. The smallest absolute Gasteiger partial charge is 0.407 e. The summed E-state index contributed by atoms with van der Waals surface area (Å²) in [5.41, 5.74) is 0. The van der Waals surface area contributed by atoms with E-state index < -0.39 is 6.09 Å². The van der Waals surface area contributed by atoms with Gasteiger partial charge in [0.2, 0.25) is 0 Å². The van der Waals surface area contributed by atoms with E-state index >= 15 is 0 Å². The van der Waals surface area contributed by atoms with Crippen LogP contribution in [-0.4, -0.2) is 25.2 Å². The van der Waals surface area contributed by atoms with Gasteiger partial charge in [0, 0.05) is 6.42 Å². The van der Waals surface area contributed by atoms with Crippen molar-refractivity contribution in [1.29, 1.82) is 0 Å². The summed E-state index contributed by atoms with van der Waals surface area (Å²) < 4.78 is 9.09. The summed E-state index contributed by atoms with van der Waals surface area (Å²) in [5.74, 6) is -0.210. The average Bonchev–Trinajstić information content (AvgIpc) is 2.42. The first kappa shape index (κ1) is 17.7. The van der Waals surface area contributed by atoms with Crippen molar-refractivity contribution in [2.45, 2.75) is 58.3 Å². The van der Waals surface area contributed by atoms with E-state index in [2.05, 4.69) is 24.1 Å². The number of hydrogen-bond donors (Lipinski definition) is 1. The number of carbonyl (C=O) groups excluding carboxylic acids is 2. The predicted molar refractivity (Wildman–Crippen MR) is 73.4 cm³/mol. The number of amides is 1. The Morgan fingerprint density at radius 1 is 1.05 bits per heavy atom. The number of esters is 1. The standard InChI is InChI=1S/C14H26NO4/c1-3-4-5-6-7-8-9-10-13(16)19-12-11-15-14(17)18-2/h2-12H2,1H3,(H,15,17). The molecule has 1 amide bonds. The molecule has 19 heavy (non-hydrogen) atoms. The van der Waals surface area contributed by atoms with E-state index in [9.17, 15) is 9.59 Å². The number of carbonyl (C=O) groups is 2. The first-order valence-electron chi connectivity index (χ1n) is 7.06. The maximum absolute atomic E-state index is 11.3. The third-order valence-electron chi connectivity index (χ3n) is 2.75. The van der Waals surface area contributed by atoms with Gasteiger partial charge in [0.25, 0.3) is 0 Å². The van der Waals surface area contributed by atoms with Crippen LogP contribution in [-0.2, 0) is 14.3 Å². The van der Waals surface area contributed by atoms with Gasteiger partial charge in [-0.3, -0.25) is 4.79 Å². The van der Waals surface area contributed by atoms with E-state index in [1.807, 2.05) is 0 Å². The molecule has 1 N–H and O–H groups in total. The Labute approximate surface area is 116 Å². The lowest BCUT2D eigenvalue weighted by Gasteiger charge is -2.05. The number of hydrogen-bond acceptors (Lipinski definition) is 4. The van der Waals surface area contributed by atoms with Crippen molar-refractivity contribution in [3.05, 3.63) is 7.11 Å². The van der Waals surface area contributed by atoms with Crippen LogP contribution in [0.4, 0.5) is 4.79 Å². The van der Waals surface area contributed by atoms with Gasteiger partial charge in [0.05, 0.1) is 6.54 Å². The quantitative estimate of drug-likeness (QED) is 0.463. The van der Waals surface area contributed by atoms with Gasteiger partial charge in [-0.25, -0.2) is 4.79 Å². The molecule has 1 radical (unpaired) electrons. The molecule has 5 nitrogen and oxygen atoms in total. The van der Waals surface area contributed by atoms with E-state index in [0.717, 1.165) is 12.8 Å². The first-order chi connectivity index (χ1) is 9.20. The van der Waals surface area contributed by atoms with Gasteiger partial charge in [-0.15, -0.1) is 0 Å². The van der Waals surface area contributed by atoms with Crippen molar-refractivity contribution in [2.75, 3.05) is 13.2 Å². The van der Waals surface area contributed by atoms with Gasteiger partial charge in [-0.1, -0.05) is 45.4 Å². The minimum absolute atomic E-state index is 0.171. The molecular weight excluding hydrogens is 246 g/mol. The van der Waals surface area contributed by atoms with E-state index in [-0.39, 0.29) is 19.1 Å². The third kappa shape index (κ3) is 13.0. The number of alkyl carbamates (subject to hydrolysis) is 1. The van der Waals surface area contributed by atoms with Crippen LogP contribution in [0.15, 0.2) is 0 Å². The van der Waals surface area contributed by atoms with Crippen LogP contribution >= 0.6 is 0 Å². The number of unbranched alkanes of at least 4 members (excludes halogenated alkanes) is 6. The zero-order valence-electron chi connectivity index (χ0n) is 11.9. The van der Waals surface area contributed by atoms with Gasteiger partial charge in [0.1, 0.15) is 13.7 Å². The summed E-state index contributed by atoms with van der Waals surface area (Å²) in [5, 5.41) is 2.38. The fourth-order valence-electron chi connectivity index (χ4n) is 1.67. The van der Waals surface area contributed by atoms with E-state index in [0.29, 0.717) is 6.42 Å². The summed E-state index contributed by atoms with van der Waals surface area (Å²) in [6, 6.07) is 0. The van der Waals surface area contributed by atoms with Crippen LogP contribution in [0.25, 0.3) is 0 Å². The molecule has 0 aromatic heterocycles. The third-order valence-corrected chi connectivity index (χ3v) is 2.75. The summed E-state index contributed by atoms with van der Waals surface area (Å²) in [6.45, 7) is 2.61. The molecule has 5 heteroatoms. The molecule has 0 rings (SSSR count). The highest BCUT2D eigenvalue weighted by atomic mass is 16.5. The molecule has 0 aliphatic carbocycles. The lowest BCUT2D eigenvalue weighted by molar-refractivity contribution is -0.143. The summed E-state index contributed by atoms with van der Waals surface area (Å²) in [4.78, 5) is 22.0. The first-order valence-corrected chi connectivity index (χ1v) is 7.06. The number of nitrogens with one attached hydrogen (secondary N) is 1. The topological polar surface area (TPSA) is 64.6 Å². The minimum Gasteiger partial charge on any atom is -0.464 e. The SMILES string of the molecule is [CH2]OC(=O)NCCOC(=O)CCCCCCCCC. The highest BCUT2D eigenvalue weighted by Crippen LogP contribution is 2.08. The Morgan fingerprint density at radius 2 is 1.68 bits per heavy atom. The number of rotatable bonds is 11. The fraction of sp³-hybridized carbons (Fsp3) is 0.786. The Kier molecular flexibility index (Phi) is 12.3. The molecule has 0 heterocycles. The average molecular weight is 272 g/mol. The van der Waals surface area contributed by atoms with Crippen LogP contribution in [0.3, 0.4) is 0 Å². The highest BCUT2D eigenvalue weighted by Gasteiger charge is 2.03. The van der Waals surface area contributed by atoms with Gasteiger partial charge in [-0.05, 0) is 6.42 Å². The van der Waals surface area contributed by atoms with Crippen LogP contribution < -0.4 is 5.32 Å². The molecule has 0 atom stereocenters. The fourth-order valence-corrected chi connectivity index (χ4v) is 1.67. The lowest BCUT2D eigenvalue weighted by Crippen LogP contribution is -2.27. The Balaban J connectivity index is 3.23. The van der Waals surface area contributed by atoms with Gasteiger partial charge in [-0.2, -0.15) is 0 Å². The van der Waals surface area contributed by atoms with Crippen LogP contribution in [0, 0.1) is 7.11 Å². The van der Waals surface area contributed by atoms with E-state index in [1.54, 1.807) is 0 Å². The van der Waals surface area contributed by atoms with Crippen molar-refractivity contribution in [3.63, 3.8) is 0 Å². The predicted octanol–water partition coefficient (Wildman–Crippen LogP) is 3.19. The van der Waals surface area contributed by atoms with Crippen LogP contribution in [0.2, 0.25) is 0 Å². The Bertz CT molecular complexity index is 244. The summed E-state index contributed by atoms with van der Waals surface area (Å²) >= 11 is 0. The molecule has 0 fully saturated rings. The van der Waals surface area contributed by atoms with Crippen LogP contribution in [0.5, 0.6) is 0 Å². The molecular formula is C14H26NO4. The second kappa shape index (κ2) is 13.2. The molecule has 0 aromatic carbocycles. The number of ether oxygens (including phenoxy) is 2. The monoisotopic (exact) mass is 272 g/mol. The Hall–Kier alpha value is -1.26. The second-order valence-corrected chi connectivity index (χ2v) is 4.45. The molecule has 0 aromatic rings. The summed E-state index contributed by atoms with van der Waals surface area (Å²) in [7, 11) is 2.96. The molecule has 0 saturated carbocycles. The van der Waals surface area contributed by atoms with Crippen molar-refractivity contribution in [3.8, 4) is 0 Å². The van der Waals surface area contributed by atoms with Gasteiger partial charge >= 0.3 is 12.1 Å². The van der Waals surface area contributed by atoms with E-state index in [4.69, 9.17) is 4.74 Å². The molecule has 0 bridgehead atoms. The van der Waals surface area contributed by atoms with Gasteiger partial charge < -0.3 is 14.8 Å². The molecule has 0 aliphatic rings. The molecule has 0 aliphatic heterocycles.